The van der Waals surface area contributed by atoms with Gasteiger partial charge in [0.25, 0.3) is 0 Å². The van der Waals surface area contributed by atoms with Crippen molar-refractivity contribution in [3.8, 4) is 0 Å². The molecule has 2 nitrogen and oxygen atoms in total. The standard InChI is InChI=1S/C11H13F9N2.F6P/c1-2-21-5-6-22(7-21)4-3-8(12,13)9(14,15)10(16,17)11(18,19)20;1-7(2,3,4,5)6/h5-6H,2-4,7H2,1H3;/q;-1. The first kappa shape index (κ1) is 27.7. The Bertz CT molecular complexity index is 580. The molecule has 0 unspecified atom stereocenters. The van der Waals surface area contributed by atoms with E-state index in [2.05, 4.69) is 0 Å². The third-order valence-electron chi connectivity index (χ3n) is 3.18. The molecule has 1 heterocycles. The molecule has 0 bridgehead atoms. The van der Waals surface area contributed by atoms with Crippen LogP contribution in [0.25, 0.3) is 0 Å². The van der Waals surface area contributed by atoms with E-state index < -0.39 is 44.7 Å². The SMILES string of the molecule is CCN1C=CN(CCC(F)(F)C(F)(F)C(F)(F)C(F)(F)F)C1.F[P-](F)(F)(F)(F)F. The predicted octanol–water partition coefficient (Wildman–Crippen LogP) is 7.29. The molecule has 0 amide bonds. The zero-order chi connectivity index (χ0) is 23.8. The summed E-state index contributed by atoms with van der Waals surface area (Å²) in [7, 11) is -10.7. The van der Waals surface area contributed by atoms with E-state index in [9.17, 15) is 64.7 Å². The van der Waals surface area contributed by atoms with Crippen molar-refractivity contribution in [1.82, 2.24) is 9.80 Å². The summed E-state index contributed by atoms with van der Waals surface area (Å²) in [4.78, 5) is 2.71. The quantitative estimate of drug-likeness (QED) is 0.286. The summed E-state index contributed by atoms with van der Waals surface area (Å²) >= 11 is 0. The molecular weight excluding hydrogens is 476 g/mol. The fraction of sp³-hybridized carbons (Fsp3) is 0.818. The van der Waals surface area contributed by atoms with E-state index in [-0.39, 0.29) is 6.67 Å². The van der Waals surface area contributed by atoms with Crippen molar-refractivity contribution in [2.45, 2.75) is 37.3 Å². The molecule has 0 saturated carbocycles. The number of halogens is 15. The van der Waals surface area contributed by atoms with Crippen LogP contribution in [-0.2, 0) is 0 Å². The van der Waals surface area contributed by atoms with Gasteiger partial charge in [-0.05, 0) is 6.92 Å². The van der Waals surface area contributed by atoms with Crippen LogP contribution in [0, 0.1) is 0 Å². The first-order chi connectivity index (χ1) is 12.2. The van der Waals surface area contributed by atoms with E-state index in [1.54, 1.807) is 11.8 Å². The molecule has 0 N–H and O–H groups in total. The Morgan fingerprint density at radius 2 is 1.10 bits per heavy atom. The molecule has 18 heteroatoms. The fourth-order valence-corrected chi connectivity index (χ4v) is 1.72. The Morgan fingerprint density at radius 3 is 1.41 bits per heavy atom. The van der Waals surface area contributed by atoms with E-state index in [1.165, 1.54) is 12.4 Å². The monoisotopic (exact) mass is 489 g/mol. The second kappa shape index (κ2) is 7.15. The molecule has 0 aromatic heterocycles. The number of nitrogens with zero attached hydrogens (tertiary/aromatic N) is 2. The van der Waals surface area contributed by atoms with Crippen LogP contribution >= 0.6 is 7.81 Å². The maximum atomic E-state index is 13.3. The maximum absolute atomic E-state index is 13.3. The Balaban J connectivity index is 0.000000956. The summed E-state index contributed by atoms with van der Waals surface area (Å²) in [5.74, 6) is -18.9. The van der Waals surface area contributed by atoms with Crippen LogP contribution in [0.5, 0.6) is 0 Å². The van der Waals surface area contributed by atoms with Gasteiger partial charge in [0, 0.05) is 31.9 Å². The second-order valence-corrected chi connectivity index (χ2v) is 7.63. The molecule has 178 valence electrons. The zero-order valence-electron chi connectivity index (χ0n) is 14.0. The molecule has 1 rings (SSSR count). The van der Waals surface area contributed by atoms with Crippen LogP contribution in [0.15, 0.2) is 12.4 Å². The van der Waals surface area contributed by atoms with Crippen molar-refractivity contribution in [3.05, 3.63) is 12.4 Å². The molecule has 0 aromatic carbocycles. The number of alkyl halides is 9. The van der Waals surface area contributed by atoms with E-state index in [1.807, 2.05) is 0 Å². The van der Waals surface area contributed by atoms with Gasteiger partial charge in [-0.3, -0.25) is 0 Å². The van der Waals surface area contributed by atoms with Crippen molar-refractivity contribution >= 4 is 7.81 Å². The number of hydrogen-bond donors (Lipinski definition) is 0. The molecule has 0 aliphatic carbocycles. The average Bonchev–Trinajstić information content (AvgIpc) is 2.88. The summed E-state index contributed by atoms with van der Waals surface area (Å²) < 4.78 is 173. The minimum absolute atomic E-state index is 0.0633. The summed E-state index contributed by atoms with van der Waals surface area (Å²) in [5.41, 5.74) is 0. The minimum atomic E-state index is -10.7. The van der Waals surface area contributed by atoms with Crippen LogP contribution in [0.1, 0.15) is 13.3 Å². The fourth-order valence-electron chi connectivity index (χ4n) is 1.72. The first-order valence-corrected chi connectivity index (χ1v) is 9.17. The molecular formula is C11H13F15N2P-. The molecule has 0 radical (unpaired) electrons. The van der Waals surface area contributed by atoms with Crippen LogP contribution in [-0.4, -0.2) is 53.5 Å². The molecule has 0 aromatic rings. The van der Waals surface area contributed by atoms with Crippen molar-refractivity contribution < 1.29 is 64.7 Å². The van der Waals surface area contributed by atoms with Crippen LogP contribution in [0.2, 0.25) is 0 Å². The Hall–Kier alpha value is -1.28. The first-order valence-electron chi connectivity index (χ1n) is 7.14. The molecule has 1 aliphatic rings. The van der Waals surface area contributed by atoms with Crippen LogP contribution < -0.4 is 0 Å². The van der Waals surface area contributed by atoms with Crippen molar-refractivity contribution in [2.75, 3.05) is 19.8 Å². The van der Waals surface area contributed by atoms with E-state index in [0.29, 0.717) is 6.54 Å². The third-order valence-corrected chi connectivity index (χ3v) is 3.18. The second-order valence-electron chi connectivity index (χ2n) is 5.72. The zero-order valence-corrected chi connectivity index (χ0v) is 14.9. The molecule has 1 aliphatic heterocycles. The normalized spacial score (nSPS) is 18.9. The van der Waals surface area contributed by atoms with Gasteiger partial charge in [0.1, 0.15) is 0 Å². The summed E-state index contributed by atoms with van der Waals surface area (Å²) in [6.45, 7) is 1.49. The van der Waals surface area contributed by atoms with Gasteiger partial charge in [-0.2, -0.15) is 39.5 Å². The molecule has 0 spiro atoms. The molecule has 0 fully saturated rings. The van der Waals surface area contributed by atoms with Crippen LogP contribution in [0.4, 0.5) is 64.7 Å². The topological polar surface area (TPSA) is 6.48 Å². The molecule has 0 saturated heterocycles. The van der Waals surface area contributed by atoms with E-state index >= 15 is 0 Å². The van der Waals surface area contributed by atoms with Gasteiger partial charge in [-0.25, -0.2) is 0 Å². The Morgan fingerprint density at radius 1 is 0.724 bits per heavy atom. The van der Waals surface area contributed by atoms with Gasteiger partial charge >= 0.3 is 56.9 Å². The number of hydrogen-bond acceptors (Lipinski definition) is 2. The van der Waals surface area contributed by atoms with E-state index in [0.717, 1.165) is 4.90 Å². The predicted molar refractivity (Wildman–Crippen MR) is 72.2 cm³/mol. The summed E-state index contributed by atoms with van der Waals surface area (Å²) in [6, 6.07) is 0. The summed E-state index contributed by atoms with van der Waals surface area (Å²) in [5, 5.41) is 0. The van der Waals surface area contributed by atoms with Gasteiger partial charge in [0.2, 0.25) is 0 Å². The van der Waals surface area contributed by atoms with Gasteiger partial charge in [0.15, 0.2) is 0 Å². The summed E-state index contributed by atoms with van der Waals surface area (Å²) in [6.07, 6.45) is -5.89. The Kier molecular flexibility index (Phi) is 6.83. The van der Waals surface area contributed by atoms with Gasteiger partial charge in [-0.1, -0.05) is 0 Å². The molecule has 0 atom stereocenters. The van der Waals surface area contributed by atoms with Crippen molar-refractivity contribution in [1.29, 1.82) is 0 Å². The Labute approximate surface area is 153 Å². The van der Waals surface area contributed by atoms with Gasteiger partial charge < -0.3 is 9.80 Å². The van der Waals surface area contributed by atoms with Gasteiger partial charge in [-0.15, -0.1) is 0 Å². The average molecular weight is 489 g/mol. The van der Waals surface area contributed by atoms with E-state index in [4.69, 9.17) is 0 Å². The van der Waals surface area contributed by atoms with Gasteiger partial charge in [0.05, 0.1) is 6.67 Å². The van der Waals surface area contributed by atoms with Crippen molar-refractivity contribution in [2.24, 2.45) is 0 Å². The van der Waals surface area contributed by atoms with Crippen LogP contribution in [0.3, 0.4) is 0 Å². The third kappa shape index (κ3) is 8.95. The van der Waals surface area contributed by atoms with Crippen molar-refractivity contribution in [3.63, 3.8) is 0 Å². The number of rotatable bonds is 6. The molecule has 29 heavy (non-hydrogen) atoms.